The van der Waals surface area contributed by atoms with Crippen molar-refractivity contribution in [3.63, 3.8) is 0 Å². The van der Waals surface area contributed by atoms with Crippen molar-refractivity contribution in [3.05, 3.63) is 35.4 Å². The van der Waals surface area contributed by atoms with E-state index in [-0.39, 0.29) is 12.1 Å². The second kappa shape index (κ2) is 5.00. The standard InChI is InChI=1S/C15H22N2O/c16-14-8-15(13-4-2-1-3-12(13)14)17-9-10-5-6-11(18)7-10/h1-4,10-11,14-15,17-18H,5-9,16H2. The third-order valence-electron chi connectivity index (χ3n) is 4.43. The molecule has 0 amide bonds. The Kier molecular flexibility index (Phi) is 3.37. The van der Waals surface area contributed by atoms with Crippen LogP contribution in [0.1, 0.15) is 48.9 Å². The quantitative estimate of drug-likeness (QED) is 0.763. The Balaban J connectivity index is 1.61. The molecule has 4 N–H and O–H groups in total. The third-order valence-corrected chi connectivity index (χ3v) is 4.43. The van der Waals surface area contributed by atoms with Crippen LogP contribution in [0.4, 0.5) is 0 Å². The monoisotopic (exact) mass is 246 g/mol. The first-order valence-electron chi connectivity index (χ1n) is 7.00. The molecule has 0 aliphatic heterocycles. The summed E-state index contributed by atoms with van der Waals surface area (Å²) in [5.41, 5.74) is 8.82. The normalized spacial score (nSPS) is 34.8. The lowest BCUT2D eigenvalue weighted by atomic mass is 10.1. The van der Waals surface area contributed by atoms with E-state index in [2.05, 4.69) is 29.6 Å². The average Bonchev–Trinajstić information content (AvgIpc) is 2.92. The minimum atomic E-state index is -0.0741. The van der Waals surface area contributed by atoms with Crippen molar-refractivity contribution in [3.8, 4) is 0 Å². The van der Waals surface area contributed by atoms with Gasteiger partial charge in [-0.2, -0.15) is 0 Å². The third kappa shape index (κ3) is 2.30. The number of hydrogen-bond donors (Lipinski definition) is 3. The Morgan fingerprint density at radius 3 is 2.67 bits per heavy atom. The molecule has 1 fully saturated rings. The molecule has 3 heteroatoms. The van der Waals surface area contributed by atoms with Gasteiger partial charge in [0.25, 0.3) is 0 Å². The van der Waals surface area contributed by atoms with Gasteiger partial charge in [-0.25, -0.2) is 0 Å². The Labute approximate surface area is 108 Å². The molecule has 3 rings (SSSR count). The fourth-order valence-corrected chi connectivity index (χ4v) is 3.41. The summed E-state index contributed by atoms with van der Waals surface area (Å²) < 4.78 is 0. The van der Waals surface area contributed by atoms with E-state index < -0.39 is 0 Å². The highest BCUT2D eigenvalue weighted by molar-refractivity contribution is 5.37. The van der Waals surface area contributed by atoms with E-state index in [9.17, 15) is 5.11 Å². The minimum Gasteiger partial charge on any atom is -0.393 e. The Morgan fingerprint density at radius 1 is 1.17 bits per heavy atom. The van der Waals surface area contributed by atoms with Crippen molar-refractivity contribution in [1.82, 2.24) is 5.32 Å². The first-order valence-corrected chi connectivity index (χ1v) is 7.00. The van der Waals surface area contributed by atoms with E-state index in [1.54, 1.807) is 0 Å². The maximum Gasteiger partial charge on any atom is 0.0543 e. The molecule has 2 aliphatic carbocycles. The van der Waals surface area contributed by atoms with Crippen LogP contribution in [0.25, 0.3) is 0 Å². The molecule has 0 radical (unpaired) electrons. The molecule has 1 saturated carbocycles. The maximum absolute atomic E-state index is 9.54. The molecule has 0 bridgehead atoms. The predicted octanol–water partition coefficient (Wildman–Crippen LogP) is 1.88. The number of benzene rings is 1. The number of fused-ring (bicyclic) bond motifs is 1. The lowest BCUT2D eigenvalue weighted by molar-refractivity contribution is 0.177. The van der Waals surface area contributed by atoms with Gasteiger partial charge in [0.05, 0.1) is 6.10 Å². The number of nitrogens with one attached hydrogen (secondary N) is 1. The van der Waals surface area contributed by atoms with Gasteiger partial charge in [0.2, 0.25) is 0 Å². The molecule has 18 heavy (non-hydrogen) atoms. The van der Waals surface area contributed by atoms with Crippen LogP contribution in [0.15, 0.2) is 24.3 Å². The minimum absolute atomic E-state index is 0.0741. The SMILES string of the molecule is NC1CC(NCC2CCC(O)C2)c2ccccc21. The van der Waals surface area contributed by atoms with E-state index in [1.807, 2.05) is 0 Å². The molecule has 4 unspecified atom stereocenters. The van der Waals surface area contributed by atoms with Crippen molar-refractivity contribution in [2.45, 2.75) is 43.9 Å². The van der Waals surface area contributed by atoms with Crippen LogP contribution >= 0.6 is 0 Å². The molecule has 0 aromatic heterocycles. The van der Waals surface area contributed by atoms with E-state index in [1.165, 1.54) is 11.1 Å². The van der Waals surface area contributed by atoms with Crippen LogP contribution in [0.5, 0.6) is 0 Å². The van der Waals surface area contributed by atoms with Crippen molar-refractivity contribution in [2.24, 2.45) is 11.7 Å². The lowest BCUT2D eigenvalue weighted by Crippen LogP contribution is -2.26. The maximum atomic E-state index is 9.54. The topological polar surface area (TPSA) is 58.3 Å². The van der Waals surface area contributed by atoms with Gasteiger partial charge in [0.15, 0.2) is 0 Å². The predicted molar refractivity (Wildman–Crippen MR) is 72.1 cm³/mol. The van der Waals surface area contributed by atoms with Crippen LogP contribution in [0.2, 0.25) is 0 Å². The molecule has 1 aromatic rings. The van der Waals surface area contributed by atoms with Gasteiger partial charge in [-0.1, -0.05) is 24.3 Å². The number of nitrogens with two attached hydrogens (primary N) is 1. The van der Waals surface area contributed by atoms with Crippen LogP contribution in [-0.2, 0) is 0 Å². The van der Waals surface area contributed by atoms with Crippen LogP contribution in [0.3, 0.4) is 0 Å². The van der Waals surface area contributed by atoms with Crippen molar-refractivity contribution in [2.75, 3.05) is 6.54 Å². The van der Waals surface area contributed by atoms with Crippen molar-refractivity contribution in [1.29, 1.82) is 0 Å². The number of aliphatic hydroxyl groups excluding tert-OH is 1. The van der Waals surface area contributed by atoms with Crippen LogP contribution < -0.4 is 11.1 Å². The van der Waals surface area contributed by atoms with E-state index in [4.69, 9.17) is 5.73 Å². The summed E-state index contributed by atoms with van der Waals surface area (Å²) >= 11 is 0. The Bertz CT molecular complexity index is 421. The molecule has 2 aliphatic rings. The van der Waals surface area contributed by atoms with Gasteiger partial charge in [0, 0.05) is 12.1 Å². The molecule has 0 spiro atoms. The largest absolute Gasteiger partial charge is 0.393 e. The summed E-state index contributed by atoms with van der Waals surface area (Å²) in [6, 6.07) is 9.05. The summed E-state index contributed by atoms with van der Waals surface area (Å²) in [7, 11) is 0. The van der Waals surface area contributed by atoms with Crippen LogP contribution in [-0.4, -0.2) is 17.8 Å². The number of aliphatic hydroxyl groups is 1. The fourth-order valence-electron chi connectivity index (χ4n) is 3.41. The Morgan fingerprint density at radius 2 is 1.94 bits per heavy atom. The number of rotatable bonds is 3. The second-order valence-electron chi connectivity index (χ2n) is 5.76. The van der Waals surface area contributed by atoms with E-state index >= 15 is 0 Å². The summed E-state index contributed by atoms with van der Waals surface area (Å²) in [5.74, 6) is 0.629. The second-order valence-corrected chi connectivity index (χ2v) is 5.76. The fraction of sp³-hybridized carbons (Fsp3) is 0.600. The summed E-state index contributed by atoms with van der Waals surface area (Å²) in [5, 5.41) is 13.2. The molecule has 0 saturated heterocycles. The zero-order chi connectivity index (χ0) is 12.5. The first-order chi connectivity index (χ1) is 8.74. The van der Waals surface area contributed by atoms with Gasteiger partial charge in [0.1, 0.15) is 0 Å². The molecule has 0 heterocycles. The smallest absolute Gasteiger partial charge is 0.0543 e. The van der Waals surface area contributed by atoms with Crippen LogP contribution in [0, 0.1) is 5.92 Å². The summed E-state index contributed by atoms with van der Waals surface area (Å²) in [6.45, 7) is 1.00. The molecular weight excluding hydrogens is 224 g/mol. The molecule has 3 nitrogen and oxygen atoms in total. The molecule has 1 aromatic carbocycles. The van der Waals surface area contributed by atoms with Gasteiger partial charge in [-0.05, 0) is 49.3 Å². The van der Waals surface area contributed by atoms with Gasteiger partial charge in [-0.3, -0.25) is 0 Å². The Hall–Kier alpha value is -0.900. The average molecular weight is 246 g/mol. The van der Waals surface area contributed by atoms with E-state index in [0.717, 1.165) is 32.2 Å². The van der Waals surface area contributed by atoms with Gasteiger partial charge < -0.3 is 16.2 Å². The highest BCUT2D eigenvalue weighted by atomic mass is 16.3. The first kappa shape index (κ1) is 12.2. The van der Waals surface area contributed by atoms with Crippen molar-refractivity contribution < 1.29 is 5.11 Å². The lowest BCUT2D eigenvalue weighted by Gasteiger charge is -2.17. The zero-order valence-electron chi connectivity index (χ0n) is 10.7. The van der Waals surface area contributed by atoms with Crippen molar-refractivity contribution >= 4 is 0 Å². The highest BCUT2D eigenvalue weighted by Crippen LogP contribution is 2.37. The zero-order valence-corrected chi connectivity index (χ0v) is 10.7. The molecule has 4 atom stereocenters. The van der Waals surface area contributed by atoms with E-state index in [0.29, 0.717) is 12.0 Å². The summed E-state index contributed by atoms with van der Waals surface area (Å²) in [6.07, 6.45) is 3.99. The number of hydrogen-bond acceptors (Lipinski definition) is 3. The molecular formula is C15H22N2O. The summed E-state index contributed by atoms with van der Waals surface area (Å²) in [4.78, 5) is 0. The van der Waals surface area contributed by atoms with Gasteiger partial charge in [-0.15, -0.1) is 0 Å². The molecule has 98 valence electrons. The highest BCUT2D eigenvalue weighted by Gasteiger charge is 2.29. The van der Waals surface area contributed by atoms with Gasteiger partial charge >= 0.3 is 0 Å².